The van der Waals surface area contributed by atoms with Crippen molar-refractivity contribution in [3.05, 3.63) is 63.4 Å². The third-order valence-corrected chi connectivity index (χ3v) is 3.97. The van der Waals surface area contributed by atoms with Gasteiger partial charge in [-0.05, 0) is 43.3 Å². The summed E-state index contributed by atoms with van der Waals surface area (Å²) in [5.74, 6) is 0.179. The van der Waals surface area contributed by atoms with Gasteiger partial charge in [0.1, 0.15) is 11.6 Å². The van der Waals surface area contributed by atoms with Gasteiger partial charge >= 0.3 is 0 Å². The van der Waals surface area contributed by atoms with Gasteiger partial charge < -0.3 is 10.1 Å². The molecule has 5 heteroatoms. The number of ether oxygens (including phenoxy) is 1. The minimum absolute atomic E-state index is 0.202. The molecule has 2 aromatic carbocycles. The molecule has 0 aliphatic carbocycles. The molecule has 2 nitrogen and oxygen atoms in total. The molecule has 0 aromatic heterocycles. The summed E-state index contributed by atoms with van der Waals surface area (Å²) in [7, 11) is 3.29. The van der Waals surface area contributed by atoms with Crippen LogP contribution in [0.4, 0.5) is 4.39 Å². The number of halogens is 3. The van der Waals surface area contributed by atoms with Gasteiger partial charge in [0.25, 0.3) is 0 Å². The van der Waals surface area contributed by atoms with E-state index in [1.165, 1.54) is 13.2 Å². The van der Waals surface area contributed by atoms with E-state index >= 15 is 0 Å². The summed E-state index contributed by atoms with van der Waals surface area (Å²) >= 11 is 12.2. The molecule has 2 rings (SSSR count). The molecule has 0 amide bonds. The van der Waals surface area contributed by atoms with E-state index in [-0.39, 0.29) is 11.9 Å². The van der Waals surface area contributed by atoms with Crippen LogP contribution >= 0.6 is 23.2 Å². The van der Waals surface area contributed by atoms with Crippen molar-refractivity contribution in [1.29, 1.82) is 0 Å². The van der Waals surface area contributed by atoms with Crippen molar-refractivity contribution in [2.75, 3.05) is 14.2 Å². The summed E-state index contributed by atoms with van der Waals surface area (Å²) in [5.41, 5.74) is 1.44. The van der Waals surface area contributed by atoms with Crippen molar-refractivity contribution >= 4 is 23.2 Å². The van der Waals surface area contributed by atoms with Crippen LogP contribution in [0.5, 0.6) is 5.75 Å². The largest absolute Gasteiger partial charge is 0.497 e. The second kappa shape index (κ2) is 7.12. The van der Waals surface area contributed by atoms with E-state index in [0.29, 0.717) is 27.8 Å². The summed E-state index contributed by atoms with van der Waals surface area (Å²) < 4.78 is 19.2. The lowest BCUT2D eigenvalue weighted by Gasteiger charge is -2.19. The van der Waals surface area contributed by atoms with E-state index in [2.05, 4.69) is 5.32 Å². The van der Waals surface area contributed by atoms with Crippen LogP contribution in [0.3, 0.4) is 0 Å². The van der Waals surface area contributed by atoms with Gasteiger partial charge in [0, 0.05) is 27.7 Å². The maximum Gasteiger partial charge on any atom is 0.131 e. The Morgan fingerprint density at radius 3 is 2.57 bits per heavy atom. The van der Waals surface area contributed by atoms with Gasteiger partial charge in [-0.25, -0.2) is 4.39 Å². The highest BCUT2D eigenvalue weighted by Crippen LogP contribution is 2.28. The molecule has 1 unspecified atom stereocenters. The van der Waals surface area contributed by atoms with E-state index in [0.717, 1.165) is 5.56 Å². The number of likely N-dealkylation sites (N-methyl/N-ethyl adjacent to an activating group) is 1. The van der Waals surface area contributed by atoms with Crippen molar-refractivity contribution in [2.45, 2.75) is 12.5 Å². The number of hydrogen-bond donors (Lipinski definition) is 1. The SMILES string of the molecule is CNC(Cc1cc(Cl)ccc1Cl)c1ccc(OC)cc1F. The summed E-state index contributed by atoms with van der Waals surface area (Å²) in [6.07, 6.45) is 0.541. The van der Waals surface area contributed by atoms with Crippen LogP contribution in [-0.4, -0.2) is 14.2 Å². The topological polar surface area (TPSA) is 21.3 Å². The van der Waals surface area contributed by atoms with Crippen molar-refractivity contribution in [3.8, 4) is 5.75 Å². The third kappa shape index (κ3) is 3.88. The van der Waals surface area contributed by atoms with E-state index in [1.54, 1.807) is 37.4 Å². The molecule has 0 bridgehead atoms. The van der Waals surface area contributed by atoms with Gasteiger partial charge in [0.05, 0.1) is 7.11 Å². The number of methoxy groups -OCH3 is 1. The first kappa shape index (κ1) is 16.1. The van der Waals surface area contributed by atoms with Crippen LogP contribution in [0.1, 0.15) is 17.2 Å². The first-order valence-electron chi connectivity index (χ1n) is 6.49. The number of nitrogens with one attached hydrogen (secondary N) is 1. The Morgan fingerprint density at radius 2 is 1.95 bits per heavy atom. The van der Waals surface area contributed by atoms with Gasteiger partial charge in [-0.15, -0.1) is 0 Å². The standard InChI is InChI=1S/C16H16Cl2FNO/c1-20-16(8-10-7-11(17)3-6-14(10)18)13-5-4-12(21-2)9-15(13)19/h3-7,9,16,20H,8H2,1-2H3. The molecule has 0 radical (unpaired) electrons. The summed E-state index contributed by atoms with van der Waals surface area (Å²) in [6, 6.07) is 9.91. The molecule has 0 aliphatic rings. The molecule has 112 valence electrons. The predicted molar refractivity (Wildman–Crippen MR) is 84.9 cm³/mol. The van der Waals surface area contributed by atoms with Gasteiger partial charge in [-0.1, -0.05) is 29.3 Å². The molecule has 0 saturated carbocycles. The van der Waals surface area contributed by atoms with Gasteiger partial charge in [-0.2, -0.15) is 0 Å². The molecular weight excluding hydrogens is 312 g/mol. The normalized spacial score (nSPS) is 12.2. The maximum absolute atomic E-state index is 14.2. The summed E-state index contributed by atoms with van der Waals surface area (Å²) in [6.45, 7) is 0. The predicted octanol–water partition coefficient (Wildman–Crippen LogP) is 4.64. The Labute approximate surface area is 133 Å². The molecule has 0 fully saturated rings. The molecule has 0 saturated heterocycles. The Kier molecular flexibility index (Phi) is 5.45. The van der Waals surface area contributed by atoms with E-state index < -0.39 is 0 Å². The molecule has 0 aliphatic heterocycles. The maximum atomic E-state index is 14.2. The van der Waals surface area contributed by atoms with Crippen LogP contribution in [0.25, 0.3) is 0 Å². The van der Waals surface area contributed by atoms with E-state index in [9.17, 15) is 4.39 Å². The molecule has 1 atom stereocenters. The van der Waals surface area contributed by atoms with Crippen LogP contribution < -0.4 is 10.1 Å². The van der Waals surface area contributed by atoms with Crippen molar-refractivity contribution < 1.29 is 9.13 Å². The highest BCUT2D eigenvalue weighted by Gasteiger charge is 2.17. The molecule has 0 spiro atoms. The van der Waals surface area contributed by atoms with Crippen LogP contribution in [0.2, 0.25) is 10.0 Å². The van der Waals surface area contributed by atoms with Crippen molar-refractivity contribution in [3.63, 3.8) is 0 Å². The summed E-state index contributed by atoms with van der Waals surface area (Å²) in [5, 5.41) is 4.34. The Balaban J connectivity index is 2.29. The van der Waals surface area contributed by atoms with Gasteiger partial charge in [-0.3, -0.25) is 0 Å². The molecule has 0 heterocycles. The molecule has 1 N–H and O–H groups in total. The zero-order chi connectivity index (χ0) is 15.4. The highest BCUT2D eigenvalue weighted by molar-refractivity contribution is 6.33. The first-order valence-corrected chi connectivity index (χ1v) is 7.25. The fourth-order valence-electron chi connectivity index (χ4n) is 2.20. The van der Waals surface area contributed by atoms with Crippen LogP contribution in [-0.2, 0) is 6.42 Å². The Bertz CT molecular complexity index is 634. The smallest absolute Gasteiger partial charge is 0.131 e. The number of rotatable bonds is 5. The summed E-state index contributed by atoms with van der Waals surface area (Å²) in [4.78, 5) is 0. The third-order valence-electron chi connectivity index (χ3n) is 3.36. The Hall–Kier alpha value is -1.29. The quantitative estimate of drug-likeness (QED) is 0.863. The van der Waals surface area contributed by atoms with Gasteiger partial charge in [0.2, 0.25) is 0 Å². The van der Waals surface area contributed by atoms with E-state index in [4.69, 9.17) is 27.9 Å². The number of benzene rings is 2. The fraction of sp³-hybridized carbons (Fsp3) is 0.250. The molecule has 21 heavy (non-hydrogen) atoms. The van der Waals surface area contributed by atoms with Crippen LogP contribution in [0.15, 0.2) is 36.4 Å². The average Bonchev–Trinajstić information content (AvgIpc) is 2.48. The number of hydrogen-bond acceptors (Lipinski definition) is 2. The van der Waals surface area contributed by atoms with E-state index in [1.807, 2.05) is 0 Å². The zero-order valence-corrected chi connectivity index (χ0v) is 13.3. The average molecular weight is 328 g/mol. The first-order chi connectivity index (χ1) is 10.0. The minimum Gasteiger partial charge on any atom is -0.497 e. The lowest BCUT2D eigenvalue weighted by Crippen LogP contribution is -2.20. The Morgan fingerprint density at radius 1 is 1.19 bits per heavy atom. The van der Waals surface area contributed by atoms with Crippen LogP contribution in [0, 0.1) is 5.82 Å². The highest BCUT2D eigenvalue weighted by atomic mass is 35.5. The monoisotopic (exact) mass is 327 g/mol. The molecular formula is C16H16Cl2FNO. The minimum atomic E-state index is -0.313. The lowest BCUT2D eigenvalue weighted by molar-refractivity contribution is 0.409. The second-order valence-electron chi connectivity index (χ2n) is 4.67. The fourth-order valence-corrected chi connectivity index (χ4v) is 2.59. The van der Waals surface area contributed by atoms with Crippen molar-refractivity contribution in [2.24, 2.45) is 0 Å². The molecule has 2 aromatic rings. The zero-order valence-electron chi connectivity index (χ0n) is 11.8. The lowest BCUT2D eigenvalue weighted by atomic mass is 9.98. The van der Waals surface area contributed by atoms with Gasteiger partial charge in [0.15, 0.2) is 0 Å². The van der Waals surface area contributed by atoms with Crippen molar-refractivity contribution in [1.82, 2.24) is 5.32 Å². The second-order valence-corrected chi connectivity index (χ2v) is 5.51.